The van der Waals surface area contributed by atoms with Crippen LogP contribution >= 0.6 is 0 Å². The average molecular weight is 282 g/mol. The van der Waals surface area contributed by atoms with E-state index in [4.69, 9.17) is 9.84 Å². The minimum absolute atomic E-state index is 0.231. The zero-order chi connectivity index (χ0) is 15.1. The zero-order valence-electron chi connectivity index (χ0n) is 11.5. The summed E-state index contributed by atoms with van der Waals surface area (Å²) in [7, 11) is 0. The van der Waals surface area contributed by atoms with Crippen molar-refractivity contribution in [3.05, 3.63) is 34.9 Å². The van der Waals surface area contributed by atoms with Gasteiger partial charge in [-0.05, 0) is 23.6 Å². The molecule has 1 heterocycles. The van der Waals surface area contributed by atoms with Gasteiger partial charge in [-0.1, -0.05) is 26.0 Å². The minimum atomic E-state index is -3.27. The van der Waals surface area contributed by atoms with Gasteiger partial charge in [-0.15, -0.1) is 0 Å². The van der Waals surface area contributed by atoms with Crippen molar-refractivity contribution < 1.29 is 23.4 Å². The zero-order valence-corrected chi connectivity index (χ0v) is 11.5. The van der Waals surface area contributed by atoms with Crippen LogP contribution < -0.4 is 4.74 Å². The highest BCUT2D eigenvalue weighted by Gasteiger charge is 2.43. The summed E-state index contributed by atoms with van der Waals surface area (Å²) in [6.07, 6.45) is -0.511. The second-order valence-corrected chi connectivity index (χ2v) is 5.31. The number of fused-ring (bicyclic) bond motifs is 1. The fourth-order valence-corrected chi connectivity index (χ4v) is 2.12. The van der Waals surface area contributed by atoms with Crippen molar-refractivity contribution in [3.63, 3.8) is 0 Å². The van der Waals surface area contributed by atoms with E-state index >= 15 is 0 Å². The Hall–Kier alpha value is -1.91. The second kappa shape index (κ2) is 4.89. The van der Waals surface area contributed by atoms with Crippen LogP contribution in [0.15, 0.2) is 23.8 Å². The molecular weight excluding hydrogens is 266 g/mol. The third-order valence-electron chi connectivity index (χ3n) is 3.25. The number of ether oxygens (including phenoxy) is 1. The van der Waals surface area contributed by atoms with Crippen LogP contribution in [0.1, 0.15) is 37.8 Å². The van der Waals surface area contributed by atoms with E-state index in [1.165, 1.54) is 6.08 Å². The van der Waals surface area contributed by atoms with Gasteiger partial charge in [-0.2, -0.15) is 0 Å². The van der Waals surface area contributed by atoms with Crippen molar-refractivity contribution in [2.45, 2.75) is 38.7 Å². The highest BCUT2D eigenvalue weighted by Crippen LogP contribution is 2.37. The van der Waals surface area contributed by atoms with E-state index in [-0.39, 0.29) is 5.92 Å². The van der Waals surface area contributed by atoms with Crippen molar-refractivity contribution >= 4 is 12.0 Å². The summed E-state index contributed by atoms with van der Waals surface area (Å²) < 4.78 is 32.3. The van der Waals surface area contributed by atoms with Gasteiger partial charge in [-0.3, -0.25) is 0 Å². The van der Waals surface area contributed by atoms with E-state index < -0.39 is 23.6 Å². The molecular formula is C15H16F2O3. The first-order valence-electron chi connectivity index (χ1n) is 6.33. The molecule has 3 nitrogen and oxygen atoms in total. The van der Waals surface area contributed by atoms with Crippen LogP contribution in [0.4, 0.5) is 8.78 Å². The van der Waals surface area contributed by atoms with E-state index in [1.54, 1.807) is 12.1 Å². The van der Waals surface area contributed by atoms with Crippen molar-refractivity contribution in [1.82, 2.24) is 0 Å². The Labute approximate surface area is 115 Å². The number of carboxylic acid groups (broad SMARTS) is 1. The van der Waals surface area contributed by atoms with Crippen molar-refractivity contribution in [1.29, 1.82) is 0 Å². The summed E-state index contributed by atoms with van der Waals surface area (Å²) in [6.45, 7) is 4.62. The lowest BCUT2D eigenvalue weighted by molar-refractivity contribution is -0.137. The Balaban J connectivity index is 2.51. The highest BCUT2D eigenvalue weighted by molar-refractivity contribution is 5.95. The van der Waals surface area contributed by atoms with Crippen molar-refractivity contribution in [2.24, 2.45) is 0 Å². The third-order valence-corrected chi connectivity index (χ3v) is 3.25. The number of hydrogen-bond donors (Lipinski definition) is 1. The quantitative estimate of drug-likeness (QED) is 0.919. The van der Waals surface area contributed by atoms with Crippen molar-refractivity contribution in [2.75, 3.05) is 0 Å². The molecule has 0 spiro atoms. The summed E-state index contributed by atoms with van der Waals surface area (Å²) in [5.41, 5.74) is 1.03. The first-order chi connectivity index (χ1) is 9.20. The molecule has 0 bridgehead atoms. The predicted octanol–water partition coefficient (Wildman–Crippen LogP) is 3.69. The molecule has 2 rings (SSSR count). The lowest BCUT2D eigenvalue weighted by Gasteiger charge is -2.29. The predicted molar refractivity (Wildman–Crippen MR) is 71.2 cm³/mol. The molecule has 1 aromatic carbocycles. The molecule has 1 N–H and O–H groups in total. The lowest BCUT2D eigenvalue weighted by Crippen LogP contribution is -2.41. The molecule has 5 heteroatoms. The number of aliphatic carboxylic acids is 1. The Morgan fingerprint density at radius 1 is 1.40 bits per heavy atom. The average Bonchev–Trinajstić information content (AvgIpc) is 2.35. The van der Waals surface area contributed by atoms with Crippen LogP contribution in [0.2, 0.25) is 0 Å². The van der Waals surface area contributed by atoms with Gasteiger partial charge in [0.25, 0.3) is 5.92 Å². The molecule has 0 fully saturated rings. The first kappa shape index (κ1) is 14.5. The standard InChI is InChI=1S/C15H16F2O3/c1-8(2)9-4-5-10-6-11(14(18)19)13(15(3,16)17)20-12(10)7-9/h4-8,13H,1-3H3,(H,18,19). The molecule has 1 unspecified atom stereocenters. The third kappa shape index (κ3) is 2.66. The number of benzene rings is 1. The fourth-order valence-electron chi connectivity index (χ4n) is 2.12. The molecule has 0 aliphatic carbocycles. The van der Waals surface area contributed by atoms with E-state index in [2.05, 4.69) is 0 Å². The summed E-state index contributed by atoms with van der Waals surface area (Å²) in [6, 6.07) is 5.22. The maximum atomic E-state index is 13.5. The van der Waals surface area contributed by atoms with Crippen LogP contribution in [-0.4, -0.2) is 23.1 Å². The molecule has 1 aromatic rings. The Morgan fingerprint density at radius 3 is 2.55 bits per heavy atom. The summed E-state index contributed by atoms with van der Waals surface area (Å²) in [5, 5.41) is 9.06. The van der Waals surface area contributed by atoms with Crippen LogP contribution in [0.3, 0.4) is 0 Å². The summed E-state index contributed by atoms with van der Waals surface area (Å²) in [5.74, 6) is -4.13. The van der Waals surface area contributed by atoms with Gasteiger partial charge in [0, 0.05) is 12.5 Å². The molecule has 1 aliphatic rings. The fraction of sp³-hybridized carbons (Fsp3) is 0.400. The minimum Gasteiger partial charge on any atom is -0.478 e. The van der Waals surface area contributed by atoms with E-state index in [0.29, 0.717) is 18.2 Å². The van der Waals surface area contributed by atoms with Gasteiger partial charge >= 0.3 is 5.97 Å². The monoisotopic (exact) mass is 282 g/mol. The molecule has 0 amide bonds. The molecule has 1 aliphatic heterocycles. The molecule has 108 valence electrons. The smallest absolute Gasteiger partial charge is 0.335 e. The van der Waals surface area contributed by atoms with Gasteiger partial charge in [0.15, 0.2) is 6.10 Å². The first-order valence-corrected chi connectivity index (χ1v) is 6.33. The largest absolute Gasteiger partial charge is 0.478 e. The van der Waals surface area contributed by atoms with Gasteiger partial charge < -0.3 is 9.84 Å². The van der Waals surface area contributed by atoms with E-state index in [0.717, 1.165) is 5.56 Å². The van der Waals surface area contributed by atoms with Crippen molar-refractivity contribution in [3.8, 4) is 5.75 Å². The summed E-state index contributed by atoms with van der Waals surface area (Å²) in [4.78, 5) is 11.1. The lowest BCUT2D eigenvalue weighted by atomic mass is 9.95. The molecule has 0 aromatic heterocycles. The van der Waals surface area contributed by atoms with Crippen LogP contribution in [0.25, 0.3) is 6.08 Å². The maximum Gasteiger partial charge on any atom is 0.335 e. The second-order valence-electron chi connectivity index (χ2n) is 5.31. The molecule has 1 atom stereocenters. The highest BCUT2D eigenvalue weighted by atomic mass is 19.3. The molecule has 0 saturated carbocycles. The Morgan fingerprint density at radius 2 is 2.05 bits per heavy atom. The van der Waals surface area contributed by atoms with Crippen LogP contribution in [0.5, 0.6) is 5.75 Å². The number of halogens is 2. The topological polar surface area (TPSA) is 46.5 Å². The van der Waals surface area contributed by atoms with Crippen LogP contribution in [-0.2, 0) is 4.79 Å². The Kier molecular flexibility index (Phi) is 3.54. The Bertz CT molecular complexity index is 571. The van der Waals surface area contributed by atoms with E-state index in [9.17, 15) is 13.6 Å². The maximum absolute atomic E-state index is 13.5. The summed E-state index contributed by atoms with van der Waals surface area (Å²) >= 11 is 0. The number of rotatable bonds is 3. The number of hydrogen-bond acceptors (Lipinski definition) is 2. The molecule has 20 heavy (non-hydrogen) atoms. The van der Waals surface area contributed by atoms with Gasteiger partial charge in [0.1, 0.15) is 5.75 Å². The molecule has 0 radical (unpaired) electrons. The molecule has 0 saturated heterocycles. The van der Waals surface area contributed by atoms with E-state index in [1.807, 2.05) is 19.9 Å². The van der Waals surface area contributed by atoms with Gasteiger partial charge in [0.05, 0.1) is 5.57 Å². The van der Waals surface area contributed by atoms with Crippen LogP contribution in [0, 0.1) is 0 Å². The van der Waals surface area contributed by atoms with Gasteiger partial charge in [0.2, 0.25) is 0 Å². The SMILES string of the molecule is CC(C)c1ccc2c(c1)OC(C(C)(F)F)C(C(=O)O)=C2. The normalized spacial score (nSPS) is 18.3. The number of carbonyl (C=O) groups is 1. The number of carboxylic acids is 1. The van der Waals surface area contributed by atoms with Gasteiger partial charge in [-0.25, -0.2) is 13.6 Å². The number of alkyl halides is 2.